The summed E-state index contributed by atoms with van der Waals surface area (Å²) in [6.45, 7) is -0.206. The molecule has 3 rings (SSSR count). The fourth-order valence-electron chi connectivity index (χ4n) is 3.71. The minimum absolute atomic E-state index is 0.00367. The molecular weight excluding hydrogens is 362 g/mol. The lowest BCUT2D eigenvalue weighted by molar-refractivity contribution is -0.155. The van der Waals surface area contributed by atoms with Gasteiger partial charge in [-0.3, -0.25) is 13.2 Å². The molecule has 0 aliphatic carbocycles. The van der Waals surface area contributed by atoms with Crippen LogP contribution in [0.25, 0.3) is 0 Å². The van der Waals surface area contributed by atoms with Gasteiger partial charge in [0.2, 0.25) is 0 Å². The maximum absolute atomic E-state index is 12.4. The topological polar surface area (TPSA) is 130 Å². The van der Waals surface area contributed by atoms with Gasteiger partial charge < -0.3 is 23.8 Å². The van der Waals surface area contributed by atoms with Crippen molar-refractivity contribution in [3.63, 3.8) is 0 Å². The average Bonchev–Trinajstić information content (AvgIpc) is 2.77. The Morgan fingerprint density at radius 2 is 1.73 bits per heavy atom. The molecular formula is C17H23NO7S-2. The highest BCUT2D eigenvalue weighted by atomic mass is 32.3. The van der Waals surface area contributed by atoms with Crippen molar-refractivity contribution in [2.75, 3.05) is 13.7 Å². The SMILES string of the molecule is CN1C2CCC1CC(OC(=O)[C@H](CO)c1ccccc1)C2.O=S(=O)([O-])[O-]. The minimum atomic E-state index is -5.17. The first-order chi connectivity index (χ1) is 12.2. The minimum Gasteiger partial charge on any atom is -0.759 e. The molecule has 0 amide bonds. The van der Waals surface area contributed by atoms with Gasteiger partial charge in [-0.25, -0.2) is 0 Å². The lowest BCUT2D eigenvalue weighted by atomic mass is 9.98. The molecule has 1 aromatic rings. The number of hydrogen-bond donors (Lipinski definition) is 1. The van der Waals surface area contributed by atoms with Crippen LogP contribution < -0.4 is 0 Å². The summed E-state index contributed by atoms with van der Waals surface area (Å²) in [5.74, 6) is -0.860. The maximum Gasteiger partial charge on any atom is 0.316 e. The summed E-state index contributed by atoms with van der Waals surface area (Å²) >= 11 is 0. The molecule has 2 bridgehead atoms. The third-order valence-electron chi connectivity index (χ3n) is 5.01. The Kier molecular flexibility index (Phi) is 7.13. The standard InChI is InChI=1S/C17H23NO3.H2O4S/c1-18-13-7-8-14(18)10-15(9-13)21-17(20)16(11-19)12-5-3-2-4-6-12;1-5(2,3)4/h2-6,13-16,19H,7-11H2,1H3;(H2,1,2,3,4)/p-2/t13?,14?,15?,16-;/m1./s1. The summed E-state index contributed by atoms with van der Waals surface area (Å²) in [5.41, 5.74) is 0.820. The van der Waals surface area contributed by atoms with Crippen LogP contribution >= 0.6 is 0 Å². The van der Waals surface area contributed by atoms with E-state index in [1.54, 1.807) is 0 Å². The number of benzene rings is 1. The predicted molar refractivity (Wildman–Crippen MR) is 90.4 cm³/mol. The zero-order valence-corrected chi connectivity index (χ0v) is 15.3. The Labute approximate surface area is 153 Å². The molecule has 9 heteroatoms. The number of hydrogen-bond acceptors (Lipinski definition) is 8. The number of esters is 1. The molecule has 2 fully saturated rings. The predicted octanol–water partition coefficient (Wildman–Crippen LogP) is 0.593. The third-order valence-corrected chi connectivity index (χ3v) is 5.01. The van der Waals surface area contributed by atoms with Crippen molar-refractivity contribution in [1.82, 2.24) is 4.90 Å². The molecule has 0 saturated carbocycles. The number of nitrogens with zero attached hydrogens (tertiary/aromatic N) is 1. The number of carbonyl (C=O) groups excluding carboxylic acids is 1. The molecule has 2 saturated heterocycles. The highest BCUT2D eigenvalue weighted by molar-refractivity contribution is 7.79. The first-order valence-corrected chi connectivity index (χ1v) is 9.77. The molecule has 8 nitrogen and oxygen atoms in total. The third kappa shape index (κ3) is 6.03. The van der Waals surface area contributed by atoms with Crippen molar-refractivity contribution >= 4 is 16.4 Å². The molecule has 3 atom stereocenters. The van der Waals surface area contributed by atoms with E-state index >= 15 is 0 Å². The summed E-state index contributed by atoms with van der Waals surface area (Å²) < 4.78 is 39.8. The first-order valence-electron chi connectivity index (χ1n) is 8.44. The van der Waals surface area contributed by atoms with Crippen LogP contribution in [0.5, 0.6) is 0 Å². The second-order valence-electron chi connectivity index (χ2n) is 6.63. The summed E-state index contributed by atoms with van der Waals surface area (Å²) in [6, 6.07) is 10.5. The summed E-state index contributed by atoms with van der Waals surface area (Å²) in [6.07, 6.45) is 4.26. The van der Waals surface area contributed by atoms with E-state index in [4.69, 9.17) is 22.3 Å². The Morgan fingerprint density at radius 1 is 1.23 bits per heavy atom. The van der Waals surface area contributed by atoms with E-state index in [-0.39, 0.29) is 18.7 Å². The molecule has 1 N–H and O–H groups in total. The highest BCUT2D eigenvalue weighted by Gasteiger charge is 2.40. The molecule has 0 aromatic heterocycles. The number of fused-ring (bicyclic) bond motifs is 2. The van der Waals surface area contributed by atoms with Crippen LogP contribution in [0.15, 0.2) is 30.3 Å². The van der Waals surface area contributed by atoms with E-state index in [1.165, 1.54) is 12.8 Å². The van der Waals surface area contributed by atoms with Gasteiger partial charge in [0.05, 0.1) is 6.61 Å². The summed E-state index contributed by atoms with van der Waals surface area (Å²) in [4.78, 5) is 14.8. The van der Waals surface area contributed by atoms with Crippen molar-refractivity contribution < 1.29 is 32.2 Å². The van der Waals surface area contributed by atoms with Crippen molar-refractivity contribution in [3.05, 3.63) is 35.9 Å². The molecule has 2 heterocycles. The van der Waals surface area contributed by atoms with Crippen molar-refractivity contribution in [2.24, 2.45) is 0 Å². The zero-order valence-electron chi connectivity index (χ0n) is 14.5. The van der Waals surface area contributed by atoms with E-state index < -0.39 is 16.3 Å². The fraction of sp³-hybridized carbons (Fsp3) is 0.588. The lowest BCUT2D eigenvalue weighted by Crippen LogP contribution is -2.43. The number of ether oxygens (including phenoxy) is 1. The lowest BCUT2D eigenvalue weighted by Gasteiger charge is -2.36. The second kappa shape index (κ2) is 8.92. The second-order valence-corrected chi connectivity index (χ2v) is 7.45. The van der Waals surface area contributed by atoms with Crippen molar-refractivity contribution in [2.45, 2.75) is 49.8 Å². The maximum atomic E-state index is 12.4. The van der Waals surface area contributed by atoms with Gasteiger partial charge in [0, 0.05) is 22.5 Å². The molecule has 146 valence electrons. The average molecular weight is 385 g/mol. The molecule has 26 heavy (non-hydrogen) atoms. The number of aliphatic hydroxyl groups is 1. The van der Waals surface area contributed by atoms with Gasteiger partial charge in [0.25, 0.3) is 0 Å². The van der Waals surface area contributed by atoms with E-state index in [1.807, 2.05) is 30.3 Å². The van der Waals surface area contributed by atoms with Gasteiger partial charge in [-0.05, 0) is 38.3 Å². The van der Waals surface area contributed by atoms with Crippen LogP contribution in [-0.4, -0.2) is 65.3 Å². The van der Waals surface area contributed by atoms with Crippen LogP contribution in [0.4, 0.5) is 0 Å². The van der Waals surface area contributed by atoms with Crippen LogP contribution in [0, 0.1) is 0 Å². The Bertz CT molecular complexity index is 672. The fourth-order valence-corrected chi connectivity index (χ4v) is 3.71. The number of rotatable bonds is 4. The van der Waals surface area contributed by atoms with Crippen LogP contribution in [0.2, 0.25) is 0 Å². The van der Waals surface area contributed by atoms with E-state index in [9.17, 15) is 9.90 Å². The van der Waals surface area contributed by atoms with Gasteiger partial charge in [0.1, 0.15) is 12.0 Å². The Balaban J connectivity index is 0.000000431. The van der Waals surface area contributed by atoms with Gasteiger partial charge >= 0.3 is 5.97 Å². The Morgan fingerprint density at radius 3 is 2.19 bits per heavy atom. The van der Waals surface area contributed by atoms with E-state index in [2.05, 4.69) is 11.9 Å². The molecule has 1 aromatic carbocycles. The van der Waals surface area contributed by atoms with Crippen LogP contribution in [0.3, 0.4) is 0 Å². The van der Waals surface area contributed by atoms with E-state index in [0.717, 1.165) is 18.4 Å². The van der Waals surface area contributed by atoms with E-state index in [0.29, 0.717) is 12.1 Å². The number of aliphatic hydroxyl groups excluding tert-OH is 1. The molecule has 0 radical (unpaired) electrons. The number of carbonyl (C=O) groups is 1. The molecule has 2 unspecified atom stereocenters. The van der Waals surface area contributed by atoms with Gasteiger partial charge in [0.15, 0.2) is 0 Å². The largest absolute Gasteiger partial charge is 0.759 e. The monoisotopic (exact) mass is 385 g/mol. The normalized spacial score (nSPS) is 26.5. The first kappa shape index (κ1) is 20.8. The van der Waals surface area contributed by atoms with Crippen molar-refractivity contribution in [3.8, 4) is 0 Å². The van der Waals surface area contributed by atoms with Gasteiger partial charge in [-0.1, -0.05) is 30.3 Å². The van der Waals surface area contributed by atoms with Crippen molar-refractivity contribution in [1.29, 1.82) is 0 Å². The van der Waals surface area contributed by atoms with Gasteiger partial charge in [-0.2, -0.15) is 0 Å². The van der Waals surface area contributed by atoms with Gasteiger partial charge in [-0.15, -0.1) is 0 Å². The molecule has 0 spiro atoms. The zero-order chi connectivity index (χ0) is 19.3. The Hall–Kier alpha value is -1.52. The quantitative estimate of drug-likeness (QED) is 0.453. The molecule has 2 aliphatic heterocycles. The summed E-state index contributed by atoms with van der Waals surface area (Å²) in [7, 11) is -3.00. The smallest absolute Gasteiger partial charge is 0.316 e. The van der Waals surface area contributed by atoms with Crippen LogP contribution in [-0.2, 0) is 19.9 Å². The summed E-state index contributed by atoms with van der Waals surface area (Å²) in [5, 5.41) is 9.53. The highest BCUT2D eigenvalue weighted by Crippen LogP contribution is 2.36. The molecule has 2 aliphatic rings. The van der Waals surface area contributed by atoms with Crippen LogP contribution in [0.1, 0.15) is 37.2 Å². The number of piperidine rings is 1.